The summed E-state index contributed by atoms with van der Waals surface area (Å²) in [7, 11) is 0.655. The molecule has 0 saturated heterocycles. The van der Waals surface area contributed by atoms with Crippen LogP contribution in [0.2, 0.25) is 18.1 Å². The van der Waals surface area contributed by atoms with Crippen LogP contribution in [-0.2, 0) is 8.85 Å². The molecular formula is C15H23ClO3Si2. The van der Waals surface area contributed by atoms with Crippen LogP contribution < -0.4 is 0 Å². The molecule has 0 heterocycles. The van der Waals surface area contributed by atoms with Crippen molar-refractivity contribution in [2.24, 2.45) is 5.41 Å². The average molecular weight is 343 g/mol. The van der Waals surface area contributed by atoms with E-state index < -0.39 is 11.5 Å². The number of aliphatic hydroxyl groups is 1. The van der Waals surface area contributed by atoms with E-state index >= 15 is 0 Å². The van der Waals surface area contributed by atoms with Gasteiger partial charge in [0.1, 0.15) is 6.29 Å². The lowest BCUT2D eigenvalue weighted by Crippen LogP contribution is -2.44. The third-order valence-corrected chi connectivity index (χ3v) is 4.83. The van der Waals surface area contributed by atoms with Crippen LogP contribution in [0.4, 0.5) is 0 Å². The molecule has 2 unspecified atom stereocenters. The number of hydrogen-bond acceptors (Lipinski definition) is 3. The van der Waals surface area contributed by atoms with Gasteiger partial charge in [-0.25, -0.2) is 0 Å². The molecule has 0 bridgehead atoms. The Kier molecular flexibility index (Phi) is 7.60. The number of benzene rings is 1. The molecule has 4 radical (unpaired) electrons. The van der Waals surface area contributed by atoms with Gasteiger partial charge < -0.3 is 14.0 Å². The Balaban J connectivity index is 3.22. The van der Waals surface area contributed by atoms with Crippen molar-refractivity contribution in [3.05, 3.63) is 34.9 Å². The predicted molar refractivity (Wildman–Crippen MR) is 88.8 cm³/mol. The zero-order valence-corrected chi connectivity index (χ0v) is 15.9. The second-order valence-electron chi connectivity index (χ2n) is 5.54. The second kappa shape index (κ2) is 8.45. The summed E-state index contributed by atoms with van der Waals surface area (Å²) in [6, 6.07) is 7.64. The second-order valence-corrected chi connectivity index (χ2v) is 7.23. The van der Waals surface area contributed by atoms with Gasteiger partial charge in [-0.15, -0.1) is 0 Å². The SMILES string of the molecule is C[Si]OC(O[Si]C)C(C)(C)C(c1ccccc1Cl)C(C)O. The van der Waals surface area contributed by atoms with Crippen molar-refractivity contribution in [3.8, 4) is 0 Å². The van der Waals surface area contributed by atoms with Gasteiger partial charge in [0.2, 0.25) is 19.5 Å². The molecule has 116 valence electrons. The van der Waals surface area contributed by atoms with Gasteiger partial charge in [0.05, 0.1) is 6.10 Å². The fourth-order valence-electron chi connectivity index (χ4n) is 2.70. The average Bonchev–Trinajstić information content (AvgIpc) is 2.40. The lowest BCUT2D eigenvalue weighted by molar-refractivity contribution is -0.105. The summed E-state index contributed by atoms with van der Waals surface area (Å²) in [6.07, 6.45) is -0.935. The summed E-state index contributed by atoms with van der Waals surface area (Å²) >= 11 is 6.34. The fourth-order valence-corrected chi connectivity index (χ4v) is 4.18. The minimum Gasteiger partial charge on any atom is -0.394 e. The van der Waals surface area contributed by atoms with E-state index in [4.69, 9.17) is 20.5 Å². The third-order valence-electron chi connectivity index (χ3n) is 3.58. The van der Waals surface area contributed by atoms with Crippen molar-refractivity contribution in [3.63, 3.8) is 0 Å². The lowest BCUT2D eigenvalue weighted by Gasteiger charge is -2.42. The van der Waals surface area contributed by atoms with E-state index in [1.807, 2.05) is 37.4 Å². The normalized spacial score (nSPS) is 15.2. The van der Waals surface area contributed by atoms with E-state index in [2.05, 4.69) is 13.8 Å². The Morgan fingerprint density at radius 1 is 1.14 bits per heavy atom. The first-order valence-electron chi connectivity index (χ1n) is 6.93. The Hall–Kier alpha value is -0.176. The lowest BCUT2D eigenvalue weighted by atomic mass is 9.71. The highest BCUT2D eigenvalue weighted by atomic mass is 35.5. The molecule has 0 spiro atoms. The van der Waals surface area contributed by atoms with Crippen molar-refractivity contribution in [2.45, 2.75) is 52.2 Å². The standard InChI is InChI=1S/C15H23ClO3Si2/c1-10(17)13(11-8-6-7-9-12(11)16)15(2,3)14(18-20-4)19-21-5/h6-10,13-14,17H,1-5H3. The largest absolute Gasteiger partial charge is 0.394 e. The van der Waals surface area contributed by atoms with Crippen LogP contribution in [0, 0.1) is 5.41 Å². The minimum absolute atomic E-state index is 0.177. The Bertz CT molecular complexity index is 435. The van der Waals surface area contributed by atoms with Crippen LogP contribution in [0.1, 0.15) is 32.3 Å². The topological polar surface area (TPSA) is 38.7 Å². The van der Waals surface area contributed by atoms with Gasteiger partial charge in [0, 0.05) is 16.4 Å². The molecule has 1 aromatic rings. The maximum atomic E-state index is 10.3. The van der Waals surface area contributed by atoms with Crippen LogP contribution in [-0.4, -0.2) is 37.0 Å². The fraction of sp³-hybridized carbons (Fsp3) is 0.600. The van der Waals surface area contributed by atoms with Gasteiger partial charge in [0.25, 0.3) is 0 Å². The van der Waals surface area contributed by atoms with Crippen LogP contribution in [0.5, 0.6) is 0 Å². The van der Waals surface area contributed by atoms with Crippen molar-refractivity contribution >= 4 is 31.1 Å². The molecule has 0 aromatic heterocycles. The maximum Gasteiger partial charge on any atom is 0.229 e. The number of aliphatic hydroxyl groups excluding tert-OH is 1. The van der Waals surface area contributed by atoms with Crippen LogP contribution in [0.15, 0.2) is 24.3 Å². The Morgan fingerprint density at radius 3 is 2.10 bits per heavy atom. The van der Waals surface area contributed by atoms with Crippen molar-refractivity contribution < 1.29 is 14.0 Å². The number of rotatable bonds is 8. The highest BCUT2D eigenvalue weighted by molar-refractivity contribution is 6.31. The Labute approximate surface area is 137 Å². The number of hydrogen-bond donors (Lipinski definition) is 1. The maximum absolute atomic E-state index is 10.3. The van der Waals surface area contributed by atoms with Gasteiger partial charge in [-0.05, 0) is 31.6 Å². The van der Waals surface area contributed by atoms with E-state index in [1.165, 1.54) is 0 Å². The van der Waals surface area contributed by atoms with Crippen LogP contribution >= 0.6 is 11.6 Å². The zero-order valence-electron chi connectivity index (χ0n) is 13.2. The molecule has 21 heavy (non-hydrogen) atoms. The molecule has 6 heteroatoms. The van der Waals surface area contributed by atoms with Gasteiger partial charge in [-0.1, -0.05) is 43.6 Å². The molecule has 0 amide bonds. The molecule has 1 aromatic carbocycles. The summed E-state index contributed by atoms with van der Waals surface area (Å²) in [6.45, 7) is 9.84. The van der Waals surface area contributed by atoms with Crippen LogP contribution in [0.25, 0.3) is 0 Å². The monoisotopic (exact) mass is 342 g/mol. The summed E-state index contributed by atoms with van der Waals surface area (Å²) in [4.78, 5) is 0. The smallest absolute Gasteiger partial charge is 0.229 e. The molecule has 0 aliphatic heterocycles. The summed E-state index contributed by atoms with van der Waals surface area (Å²) in [5.41, 5.74) is 0.515. The van der Waals surface area contributed by atoms with E-state index in [9.17, 15) is 5.11 Å². The van der Waals surface area contributed by atoms with E-state index in [1.54, 1.807) is 6.92 Å². The molecular weight excluding hydrogens is 320 g/mol. The molecule has 0 fully saturated rings. The predicted octanol–water partition coefficient (Wildman–Crippen LogP) is 3.52. The van der Waals surface area contributed by atoms with Crippen molar-refractivity contribution in [1.82, 2.24) is 0 Å². The minimum atomic E-state index is -0.560. The first kappa shape index (κ1) is 18.9. The van der Waals surface area contributed by atoms with Crippen LogP contribution in [0.3, 0.4) is 0 Å². The van der Waals surface area contributed by atoms with Gasteiger partial charge in [0.15, 0.2) is 0 Å². The molecule has 1 rings (SSSR count). The first-order valence-corrected chi connectivity index (χ1v) is 10.1. The van der Waals surface area contributed by atoms with E-state index in [0.717, 1.165) is 5.56 Å². The highest BCUT2D eigenvalue weighted by Gasteiger charge is 2.42. The van der Waals surface area contributed by atoms with E-state index in [-0.39, 0.29) is 12.2 Å². The number of halogens is 1. The van der Waals surface area contributed by atoms with Gasteiger partial charge >= 0.3 is 0 Å². The van der Waals surface area contributed by atoms with Crippen molar-refractivity contribution in [2.75, 3.05) is 0 Å². The molecule has 3 nitrogen and oxygen atoms in total. The van der Waals surface area contributed by atoms with Gasteiger partial charge in [-0.2, -0.15) is 0 Å². The first-order chi connectivity index (χ1) is 9.86. The third kappa shape index (κ3) is 4.64. The quantitative estimate of drug-likeness (QED) is 0.580. The zero-order chi connectivity index (χ0) is 16.0. The summed E-state index contributed by atoms with van der Waals surface area (Å²) < 4.78 is 11.6. The highest BCUT2D eigenvalue weighted by Crippen LogP contribution is 2.44. The molecule has 0 aliphatic carbocycles. The molecule has 2 atom stereocenters. The molecule has 1 N–H and O–H groups in total. The summed E-state index contributed by atoms with van der Waals surface area (Å²) in [5.74, 6) is -0.177. The van der Waals surface area contributed by atoms with Crippen molar-refractivity contribution in [1.29, 1.82) is 0 Å². The van der Waals surface area contributed by atoms with E-state index in [0.29, 0.717) is 24.5 Å². The summed E-state index contributed by atoms with van der Waals surface area (Å²) in [5, 5.41) is 11.0. The molecule has 0 saturated carbocycles. The Morgan fingerprint density at radius 2 is 1.67 bits per heavy atom. The molecule has 0 aliphatic rings. The van der Waals surface area contributed by atoms with Gasteiger partial charge in [-0.3, -0.25) is 0 Å².